The maximum absolute atomic E-state index is 12.8. The van der Waals surface area contributed by atoms with Gasteiger partial charge in [-0.25, -0.2) is 4.98 Å². The number of H-pyrrole nitrogens is 1. The van der Waals surface area contributed by atoms with E-state index in [9.17, 15) is 4.79 Å². The first-order chi connectivity index (χ1) is 14.0. The molecule has 5 heterocycles. The number of nitrogens with zero attached hydrogens (tertiary/aromatic N) is 5. The lowest BCUT2D eigenvalue weighted by atomic mass is 9.99. The average Bonchev–Trinajstić information content (AvgIpc) is 3.32. The fourth-order valence-corrected chi connectivity index (χ4v) is 5.01. The maximum Gasteiger partial charge on any atom is 0.245 e. The third-order valence-electron chi connectivity index (χ3n) is 5.51. The van der Waals surface area contributed by atoms with Crippen molar-refractivity contribution in [1.82, 2.24) is 25.1 Å². The van der Waals surface area contributed by atoms with Crippen LogP contribution in [-0.2, 0) is 4.79 Å². The lowest BCUT2D eigenvalue weighted by Crippen LogP contribution is -2.58. The Bertz CT molecular complexity index is 1180. The van der Waals surface area contributed by atoms with Gasteiger partial charge < -0.3 is 9.80 Å². The Labute approximate surface area is 172 Å². The smallest absolute Gasteiger partial charge is 0.245 e. The largest absolute Gasteiger partial charge is 0.343 e. The van der Waals surface area contributed by atoms with Crippen LogP contribution in [0.4, 0.5) is 5.82 Å². The molecule has 0 spiro atoms. The number of carbonyl (C=O) groups excluding carboxylic acids is 1. The van der Waals surface area contributed by atoms with Crippen LogP contribution in [0.15, 0.2) is 36.7 Å². The minimum Gasteiger partial charge on any atom is -0.343 e. The SMILES string of the molecule is CC(C)C1C(=O)N(C)CCN1c1ccc2[nH]nc(-c3cc4cnccc4s3)c2n1. The highest BCUT2D eigenvalue weighted by Gasteiger charge is 2.36. The summed E-state index contributed by atoms with van der Waals surface area (Å²) in [6.45, 7) is 5.64. The van der Waals surface area contributed by atoms with Crippen molar-refractivity contribution in [3.8, 4) is 10.6 Å². The molecule has 0 saturated carbocycles. The summed E-state index contributed by atoms with van der Waals surface area (Å²) in [5.41, 5.74) is 2.56. The summed E-state index contributed by atoms with van der Waals surface area (Å²) in [7, 11) is 1.87. The predicted octanol–water partition coefficient (Wildman–Crippen LogP) is 3.54. The van der Waals surface area contributed by atoms with Crippen LogP contribution < -0.4 is 4.90 Å². The molecule has 1 aliphatic heterocycles. The summed E-state index contributed by atoms with van der Waals surface area (Å²) in [6.07, 6.45) is 3.67. The second-order valence-corrected chi connectivity index (χ2v) is 8.89. The van der Waals surface area contributed by atoms with Crippen molar-refractivity contribution >= 4 is 44.2 Å². The van der Waals surface area contributed by atoms with Gasteiger partial charge in [-0.2, -0.15) is 5.10 Å². The first-order valence-corrected chi connectivity index (χ1v) is 10.6. The van der Waals surface area contributed by atoms with Crippen molar-refractivity contribution in [2.24, 2.45) is 5.92 Å². The quantitative estimate of drug-likeness (QED) is 0.563. The molecule has 1 saturated heterocycles. The number of rotatable bonds is 3. The van der Waals surface area contributed by atoms with E-state index >= 15 is 0 Å². The number of likely N-dealkylation sites (N-methyl/N-ethyl adjacent to an activating group) is 1. The van der Waals surface area contributed by atoms with Crippen LogP contribution in [0.25, 0.3) is 31.7 Å². The second-order valence-electron chi connectivity index (χ2n) is 7.80. The van der Waals surface area contributed by atoms with Gasteiger partial charge in [-0.05, 0) is 30.2 Å². The number of nitrogens with one attached hydrogen (secondary N) is 1. The first-order valence-electron chi connectivity index (χ1n) is 9.73. The first kappa shape index (κ1) is 18.1. The van der Waals surface area contributed by atoms with E-state index in [0.29, 0.717) is 6.54 Å². The van der Waals surface area contributed by atoms with Gasteiger partial charge in [0.15, 0.2) is 0 Å². The molecule has 4 aromatic rings. The van der Waals surface area contributed by atoms with Gasteiger partial charge in [-0.1, -0.05) is 13.8 Å². The third-order valence-corrected chi connectivity index (χ3v) is 6.63. The third kappa shape index (κ3) is 2.95. The number of aromatic amines is 1. The Kier molecular flexibility index (Phi) is 4.24. The lowest BCUT2D eigenvalue weighted by molar-refractivity contribution is -0.133. The number of carbonyl (C=O) groups is 1. The molecule has 148 valence electrons. The van der Waals surface area contributed by atoms with Gasteiger partial charge in [0.05, 0.1) is 10.4 Å². The van der Waals surface area contributed by atoms with Crippen molar-refractivity contribution in [3.63, 3.8) is 0 Å². The fraction of sp³-hybridized carbons (Fsp3) is 0.333. The van der Waals surface area contributed by atoms with Crippen LogP contribution in [0.5, 0.6) is 0 Å². The molecule has 1 N–H and O–H groups in total. The number of piperazine rings is 1. The van der Waals surface area contributed by atoms with E-state index in [1.807, 2.05) is 36.3 Å². The number of anilines is 1. The van der Waals surface area contributed by atoms with Crippen LogP contribution >= 0.6 is 11.3 Å². The van der Waals surface area contributed by atoms with Crippen LogP contribution in [0, 0.1) is 5.92 Å². The molecule has 1 fully saturated rings. The van der Waals surface area contributed by atoms with Crippen LogP contribution in [0.1, 0.15) is 13.8 Å². The molecule has 1 amide bonds. The van der Waals surface area contributed by atoms with E-state index < -0.39 is 0 Å². The van der Waals surface area contributed by atoms with Gasteiger partial charge in [0, 0.05) is 42.6 Å². The van der Waals surface area contributed by atoms with Crippen LogP contribution in [0.3, 0.4) is 0 Å². The van der Waals surface area contributed by atoms with E-state index in [2.05, 4.69) is 40.0 Å². The van der Waals surface area contributed by atoms with Gasteiger partial charge in [-0.15, -0.1) is 11.3 Å². The second kappa shape index (κ2) is 6.81. The summed E-state index contributed by atoms with van der Waals surface area (Å²) in [5, 5.41) is 8.73. The highest BCUT2D eigenvalue weighted by atomic mass is 32.1. The normalized spacial score (nSPS) is 17.8. The van der Waals surface area contributed by atoms with E-state index in [4.69, 9.17) is 4.98 Å². The van der Waals surface area contributed by atoms with Crippen molar-refractivity contribution in [3.05, 3.63) is 36.7 Å². The minimum absolute atomic E-state index is 0.151. The van der Waals surface area contributed by atoms with Crippen LogP contribution in [0.2, 0.25) is 0 Å². The van der Waals surface area contributed by atoms with Gasteiger partial charge >= 0.3 is 0 Å². The molecule has 0 aliphatic carbocycles. The molecule has 1 aliphatic rings. The molecule has 8 heteroatoms. The average molecular weight is 407 g/mol. The lowest BCUT2D eigenvalue weighted by Gasteiger charge is -2.41. The van der Waals surface area contributed by atoms with Gasteiger partial charge in [0.1, 0.15) is 23.1 Å². The number of amides is 1. The molecule has 0 bridgehead atoms. The monoisotopic (exact) mass is 406 g/mol. The topological polar surface area (TPSA) is 78.0 Å². The van der Waals surface area contributed by atoms with Gasteiger partial charge in [-0.3, -0.25) is 14.9 Å². The van der Waals surface area contributed by atoms with Crippen molar-refractivity contribution < 1.29 is 4.79 Å². The number of thiophene rings is 1. The summed E-state index contributed by atoms with van der Waals surface area (Å²) in [5.74, 6) is 1.17. The number of fused-ring (bicyclic) bond motifs is 2. The Hall–Kier alpha value is -3.00. The molecule has 29 heavy (non-hydrogen) atoms. The molecule has 1 atom stereocenters. The Morgan fingerprint density at radius 1 is 1.24 bits per heavy atom. The zero-order chi connectivity index (χ0) is 20.1. The summed E-state index contributed by atoms with van der Waals surface area (Å²) in [6, 6.07) is 7.90. The maximum atomic E-state index is 12.8. The minimum atomic E-state index is -0.204. The summed E-state index contributed by atoms with van der Waals surface area (Å²) in [4.78, 5) is 26.9. The number of pyridine rings is 2. The molecular weight excluding hydrogens is 384 g/mol. The standard InChI is InChI=1S/C21H22N6OS/c1-12(2)20-21(28)26(3)8-9-27(20)17-5-4-14-18(23-17)19(25-24-14)16-10-13-11-22-7-6-15(13)29-16/h4-7,10-12,20H,8-9H2,1-3H3,(H,24,25). The number of hydrogen-bond donors (Lipinski definition) is 1. The van der Waals surface area contributed by atoms with E-state index in [1.165, 1.54) is 4.70 Å². The van der Waals surface area contributed by atoms with E-state index in [0.717, 1.165) is 39.4 Å². The molecule has 7 nitrogen and oxygen atoms in total. The summed E-state index contributed by atoms with van der Waals surface area (Å²) < 4.78 is 1.17. The fourth-order valence-electron chi connectivity index (χ4n) is 3.99. The molecular formula is C21H22N6OS. The van der Waals surface area contributed by atoms with E-state index in [1.54, 1.807) is 17.5 Å². The predicted molar refractivity (Wildman–Crippen MR) is 116 cm³/mol. The molecule has 1 unspecified atom stereocenters. The van der Waals surface area contributed by atoms with Crippen molar-refractivity contribution in [1.29, 1.82) is 0 Å². The highest BCUT2D eigenvalue weighted by molar-refractivity contribution is 7.22. The zero-order valence-corrected chi connectivity index (χ0v) is 17.4. The van der Waals surface area contributed by atoms with Crippen molar-refractivity contribution in [2.75, 3.05) is 25.0 Å². The molecule has 5 rings (SSSR count). The number of aromatic nitrogens is 4. The summed E-state index contributed by atoms with van der Waals surface area (Å²) >= 11 is 1.68. The molecule has 4 aromatic heterocycles. The Morgan fingerprint density at radius 3 is 2.90 bits per heavy atom. The van der Waals surface area contributed by atoms with Gasteiger partial charge in [0.25, 0.3) is 0 Å². The molecule has 0 aromatic carbocycles. The molecule has 0 radical (unpaired) electrons. The van der Waals surface area contributed by atoms with Gasteiger partial charge in [0.2, 0.25) is 5.91 Å². The highest BCUT2D eigenvalue weighted by Crippen LogP contribution is 2.36. The van der Waals surface area contributed by atoms with Crippen molar-refractivity contribution in [2.45, 2.75) is 19.9 Å². The zero-order valence-electron chi connectivity index (χ0n) is 16.6. The number of hydrogen-bond acceptors (Lipinski definition) is 6. The van der Waals surface area contributed by atoms with Crippen LogP contribution in [-0.4, -0.2) is 57.2 Å². The van der Waals surface area contributed by atoms with E-state index in [-0.39, 0.29) is 17.9 Å². The Balaban J connectivity index is 1.60. The Morgan fingerprint density at radius 2 is 2.10 bits per heavy atom.